The Bertz CT molecular complexity index is 954. The Balaban J connectivity index is -0.000000199. The number of hydrogen-bond donors (Lipinski definition) is 22. The van der Waals surface area contributed by atoms with Crippen molar-refractivity contribution in [1.29, 1.82) is 0 Å². The molecule has 0 aliphatic rings. The highest BCUT2D eigenvalue weighted by atomic mass is 16.5. The lowest BCUT2D eigenvalue weighted by Gasteiger charge is -2.15. The quantitative estimate of drug-likeness (QED) is 0.0258. The van der Waals surface area contributed by atoms with Crippen LogP contribution in [0.5, 0.6) is 0 Å². The molecule has 26 heteroatoms. The van der Waals surface area contributed by atoms with Crippen LogP contribution in [0.1, 0.15) is 128 Å². The molecule has 0 rings (SSSR count). The molecule has 0 saturated carbocycles. The maximum atomic E-state index is 10.4. The van der Waals surface area contributed by atoms with E-state index in [1.807, 2.05) is 0 Å². The molecule has 22 N–H and O–H groups in total. The van der Waals surface area contributed by atoms with Crippen molar-refractivity contribution in [3.63, 3.8) is 0 Å². The van der Waals surface area contributed by atoms with Gasteiger partial charge in [0.15, 0.2) is 0 Å². The van der Waals surface area contributed by atoms with Crippen LogP contribution in [0, 0.1) is 0 Å². The zero-order valence-corrected chi connectivity index (χ0v) is 40.7. The van der Waals surface area contributed by atoms with Gasteiger partial charge >= 0.3 is 17.9 Å². The number of carbonyl (C=O) groups is 3. The topological polar surface area (TPSA) is 506 Å². The first-order valence-electron chi connectivity index (χ1n) is 23.6. The Kier molecular flexibility index (Phi) is 68.8. The van der Waals surface area contributed by atoms with Gasteiger partial charge in [0, 0.05) is 25.9 Å². The van der Waals surface area contributed by atoms with Gasteiger partial charge in [-0.1, -0.05) is 83.5 Å². The average Bonchev–Trinajstić information content (AvgIpc) is 3.36. The molecule has 0 fully saturated rings. The molecule has 0 radical (unpaired) electrons. The van der Waals surface area contributed by atoms with Crippen molar-refractivity contribution < 1.29 is 131 Å². The molecule has 0 aromatic heterocycles. The van der Waals surface area contributed by atoms with Gasteiger partial charge in [-0.05, 0) is 25.7 Å². The maximum Gasteiger partial charge on any atom is 0.303 e. The first kappa shape index (κ1) is 79.0. The average molecular weight is 1040 g/mol. The minimum absolute atomic E-state index is 0.0628. The summed E-state index contributed by atoms with van der Waals surface area (Å²) in [5.74, 6) is -2.42. The number of aliphatic carboxylic acids is 3. The molecule has 0 aromatic carbocycles. The van der Waals surface area contributed by atoms with Gasteiger partial charge in [-0.15, -0.1) is 0 Å². The van der Waals surface area contributed by atoms with E-state index in [4.69, 9.17) is 107 Å². The normalized spacial score (nSPS) is 15.0. The van der Waals surface area contributed by atoms with E-state index in [0.29, 0.717) is 25.9 Å². The predicted molar refractivity (Wildman–Crippen MR) is 250 cm³/mol. The van der Waals surface area contributed by atoms with Gasteiger partial charge in [0.25, 0.3) is 0 Å². The molecule has 0 heterocycles. The highest BCUT2D eigenvalue weighted by molar-refractivity contribution is 5.68. The monoisotopic (exact) mass is 1040 g/mol. The van der Waals surface area contributed by atoms with Gasteiger partial charge in [-0.25, -0.2) is 0 Å². The third-order valence-electron chi connectivity index (χ3n) is 9.40. The van der Waals surface area contributed by atoms with Gasteiger partial charge in [-0.2, -0.15) is 0 Å². The van der Waals surface area contributed by atoms with Crippen molar-refractivity contribution in [3.05, 3.63) is 0 Å². The van der Waals surface area contributed by atoms with Crippen LogP contribution in [0.15, 0.2) is 0 Å². The Labute approximate surface area is 411 Å². The molecule has 0 aliphatic carbocycles. The summed E-state index contributed by atoms with van der Waals surface area (Å²) < 4.78 is 5.30. The second-order valence-electron chi connectivity index (χ2n) is 15.8. The van der Waals surface area contributed by atoms with E-state index in [1.54, 1.807) is 0 Å². The lowest BCUT2D eigenvalue weighted by atomic mass is 10.0. The fraction of sp³-hybridized carbons (Fsp3) is 0.932. The van der Waals surface area contributed by atoms with E-state index in [0.717, 1.165) is 25.7 Å². The number of hydrogen-bond acceptors (Lipinski definition) is 23. The minimum atomic E-state index is -1.22. The fourth-order valence-corrected chi connectivity index (χ4v) is 4.74. The van der Waals surface area contributed by atoms with E-state index < -0.39 is 138 Å². The number of carboxylic acids is 3. The van der Waals surface area contributed by atoms with Crippen molar-refractivity contribution in [2.45, 2.75) is 189 Å². The highest BCUT2D eigenvalue weighted by Gasteiger charge is 2.16. The Morgan fingerprint density at radius 3 is 0.600 bits per heavy atom. The van der Waals surface area contributed by atoms with E-state index in [9.17, 15) is 24.6 Å². The van der Waals surface area contributed by atoms with Gasteiger partial charge in [0.1, 0.15) is 61.0 Å². The van der Waals surface area contributed by atoms with Crippen LogP contribution in [0.2, 0.25) is 0 Å². The van der Waals surface area contributed by atoms with Crippen LogP contribution in [0.25, 0.3) is 0 Å². The third-order valence-corrected chi connectivity index (χ3v) is 9.40. The molecule has 0 aromatic rings. The van der Waals surface area contributed by atoms with Gasteiger partial charge in [0.05, 0.1) is 66.1 Å². The Hall–Kier alpha value is -2.39. The third kappa shape index (κ3) is 65.6. The molecule has 0 aliphatic heterocycles. The van der Waals surface area contributed by atoms with Gasteiger partial charge in [-0.3, -0.25) is 14.4 Å². The van der Waals surface area contributed by atoms with Gasteiger partial charge in [0.2, 0.25) is 0 Å². The second-order valence-corrected chi connectivity index (χ2v) is 15.8. The lowest BCUT2D eigenvalue weighted by molar-refractivity contribution is -0.139. The smallest absolute Gasteiger partial charge is 0.303 e. The van der Waals surface area contributed by atoms with Crippen LogP contribution < -0.4 is 0 Å². The van der Waals surface area contributed by atoms with Crippen LogP contribution in [-0.4, -0.2) is 264 Å². The summed E-state index contributed by atoms with van der Waals surface area (Å²) in [6.07, 6.45) is 7.48. The Morgan fingerprint density at radius 1 is 0.257 bits per heavy atom. The number of aliphatic hydroxyl groups excluding tert-OH is 19. The summed E-state index contributed by atoms with van der Waals surface area (Å²) in [6.45, 7) is -3.98. The standard InChI is InChI=1S/C22H44O6.C6H10O4.4C4H10O4/c23-18-20(24)21(25)19-28-17-15-13-11-9-7-5-3-1-2-4-6-8-10-12-14-16-22(26)27;7-5(8)3-1-2-4-6(9)10;4*5-1-3(7)4(8)2-6/h20-21,23-25H,1-19H2,(H,26,27);1-4H2,(H,7,8)(H,9,10);4*3-8H,1-2H2/t20-,21+;;4*3-,4+/m1...../s1. The van der Waals surface area contributed by atoms with Crippen LogP contribution in [-0.2, 0) is 19.1 Å². The zero-order valence-electron chi connectivity index (χ0n) is 40.7. The number of rotatable bonds is 39. The molecule has 0 bridgehead atoms. The lowest BCUT2D eigenvalue weighted by Crippen LogP contribution is -2.33. The first-order valence-corrected chi connectivity index (χ1v) is 23.6. The summed E-state index contributed by atoms with van der Waals surface area (Å²) in [6, 6.07) is 0. The van der Waals surface area contributed by atoms with Crippen molar-refractivity contribution in [2.75, 3.05) is 72.7 Å². The summed E-state index contributed by atoms with van der Waals surface area (Å²) >= 11 is 0. The minimum Gasteiger partial charge on any atom is -0.481 e. The molecular formula is C44H94O26. The largest absolute Gasteiger partial charge is 0.481 e. The van der Waals surface area contributed by atoms with E-state index in [1.165, 1.54) is 70.6 Å². The summed E-state index contributed by atoms with van der Waals surface area (Å²) in [7, 11) is 0. The maximum absolute atomic E-state index is 10.4. The zero-order chi connectivity index (χ0) is 55.1. The van der Waals surface area contributed by atoms with Crippen molar-refractivity contribution in [3.8, 4) is 0 Å². The summed E-state index contributed by atoms with van der Waals surface area (Å²) in [5.41, 5.74) is 0. The first-order chi connectivity index (χ1) is 33.1. The van der Waals surface area contributed by atoms with Crippen molar-refractivity contribution >= 4 is 17.9 Å². The molecular weight excluding hydrogens is 944 g/mol. The fourth-order valence-electron chi connectivity index (χ4n) is 4.74. The highest BCUT2D eigenvalue weighted by Crippen LogP contribution is 2.14. The SMILES string of the molecule is O=C(O)CCCCC(=O)O.O=C(O)CCCCCCCCCCCCCCCCCOC[C@H](O)[C@H](O)CO.OC[C@@H](O)[C@@H](O)CO.OC[C@@H](O)[C@@H](O)CO.OC[C@@H](O)[C@@H](O)CO.OC[C@@H](O)[C@@H](O)CO. The van der Waals surface area contributed by atoms with E-state index in [-0.39, 0.29) is 19.4 Å². The molecule has 0 saturated heterocycles. The molecule has 426 valence electrons. The molecule has 10 atom stereocenters. The number of carboxylic acid groups (broad SMARTS) is 3. The van der Waals surface area contributed by atoms with Gasteiger partial charge < -0.3 is 117 Å². The van der Waals surface area contributed by atoms with Crippen LogP contribution in [0.4, 0.5) is 0 Å². The van der Waals surface area contributed by atoms with Crippen molar-refractivity contribution in [1.82, 2.24) is 0 Å². The molecule has 26 nitrogen and oxygen atoms in total. The number of unbranched alkanes of at least 4 members (excludes halogenated alkanes) is 15. The number of aliphatic hydroxyl groups is 19. The van der Waals surface area contributed by atoms with Crippen LogP contribution in [0.3, 0.4) is 0 Å². The Morgan fingerprint density at radius 2 is 0.414 bits per heavy atom. The van der Waals surface area contributed by atoms with Crippen molar-refractivity contribution in [2.24, 2.45) is 0 Å². The van der Waals surface area contributed by atoms with E-state index in [2.05, 4.69) is 0 Å². The van der Waals surface area contributed by atoms with Crippen LogP contribution >= 0.6 is 0 Å². The number of ether oxygens (including phenoxy) is 1. The van der Waals surface area contributed by atoms with E-state index >= 15 is 0 Å². The molecule has 0 spiro atoms. The predicted octanol–water partition coefficient (Wildman–Crippen LogP) is -4.47. The molecule has 70 heavy (non-hydrogen) atoms. The summed E-state index contributed by atoms with van der Waals surface area (Å²) in [4.78, 5) is 30.2. The molecule has 0 unspecified atom stereocenters. The summed E-state index contributed by atoms with van der Waals surface area (Å²) in [5, 5.41) is 185. The second kappa shape index (κ2) is 60.9. The molecule has 0 amide bonds.